The maximum Gasteiger partial charge on any atom is 0.407 e. The number of ether oxygens (including phenoxy) is 1. The molecule has 1 heterocycles. The first-order chi connectivity index (χ1) is 7.49. The van der Waals surface area contributed by atoms with Crippen molar-refractivity contribution in [3.8, 4) is 0 Å². The Morgan fingerprint density at radius 3 is 2.53 bits per heavy atom. The van der Waals surface area contributed by atoms with Crippen molar-refractivity contribution in [1.29, 1.82) is 0 Å². The summed E-state index contributed by atoms with van der Waals surface area (Å²) < 4.78 is 17.8. The molecule has 0 spiro atoms. The zero-order chi connectivity index (χ0) is 11.8. The van der Waals surface area contributed by atoms with E-state index >= 15 is 0 Å². The van der Waals surface area contributed by atoms with Gasteiger partial charge in [0.05, 0.1) is 6.04 Å². The van der Waals surface area contributed by atoms with Crippen LogP contribution in [0.4, 0.5) is 9.18 Å². The van der Waals surface area contributed by atoms with Crippen LogP contribution in [-0.4, -0.2) is 12.7 Å². The quantitative estimate of drug-likeness (QED) is 0.842. The third-order valence-corrected chi connectivity index (χ3v) is 2.82. The van der Waals surface area contributed by atoms with Crippen molar-refractivity contribution in [1.82, 2.24) is 5.32 Å². The van der Waals surface area contributed by atoms with Crippen LogP contribution in [0.3, 0.4) is 0 Å². The molecule has 0 unspecified atom stereocenters. The van der Waals surface area contributed by atoms with E-state index in [9.17, 15) is 9.18 Å². The summed E-state index contributed by atoms with van der Waals surface area (Å²) >= 11 is 0. The number of hydrogen-bond acceptors (Lipinski definition) is 2. The minimum atomic E-state index is -0.423. The van der Waals surface area contributed by atoms with Crippen LogP contribution < -0.4 is 5.32 Å². The smallest absolute Gasteiger partial charge is 0.407 e. The zero-order valence-corrected chi connectivity index (χ0v) is 10.5. The van der Waals surface area contributed by atoms with Gasteiger partial charge in [-0.1, -0.05) is 26.0 Å². The molecule has 0 radical (unpaired) electrons. The van der Waals surface area contributed by atoms with Gasteiger partial charge in [-0.25, -0.2) is 9.18 Å². The molecule has 1 fully saturated rings. The Hall–Kier alpha value is -1.29. The number of amides is 1. The van der Waals surface area contributed by atoms with Gasteiger partial charge in [-0.15, -0.1) is 12.4 Å². The number of rotatable bonds is 1. The molecular formula is C12H15ClFNO2. The molecule has 17 heavy (non-hydrogen) atoms. The third kappa shape index (κ3) is 2.88. The van der Waals surface area contributed by atoms with Crippen LogP contribution in [0.15, 0.2) is 24.3 Å². The van der Waals surface area contributed by atoms with E-state index in [-0.39, 0.29) is 29.7 Å². The molecule has 94 valence electrons. The lowest BCUT2D eigenvalue weighted by atomic mass is 9.80. The second-order valence-corrected chi connectivity index (χ2v) is 4.69. The highest BCUT2D eigenvalue weighted by atomic mass is 35.5. The number of benzene rings is 1. The second kappa shape index (κ2) is 4.92. The van der Waals surface area contributed by atoms with E-state index < -0.39 is 6.09 Å². The Morgan fingerprint density at radius 2 is 1.94 bits per heavy atom. The molecule has 1 amide bonds. The Kier molecular flexibility index (Phi) is 3.98. The van der Waals surface area contributed by atoms with Crippen molar-refractivity contribution in [2.45, 2.75) is 19.9 Å². The second-order valence-electron chi connectivity index (χ2n) is 4.69. The Bertz CT molecular complexity index is 405. The van der Waals surface area contributed by atoms with Gasteiger partial charge in [0.2, 0.25) is 0 Å². The SMILES string of the molecule is CC1(C)COC(=O)N[C@H]1c1ccc(F)cc1.Cl. The average molecular weight is 260 g/mol. The van der Waals surface area contributed by atoms with E-state index in [1.54, 1.807) is 12.1 Å². The molecule has 5 heteroatoms. The molecule has 1 aliphatic heterocycles. The van der Waals surface area contributed by atoms with Crippen molar-refractivity contribution < 1.29 is 13.9 Å². The summed E-state index contributed by atoms with van der Waals surface area (Å²) in [6.45, 7) is 4.36. The molecule has 0 aliphatic carbocycles. The largest absolute Gasteiger partial charge is 0.449 e. The highest BCUT2D eigenvalue weighted by molar-refractivity contribution is 5.85. The van der Waals surface area contributed by atoms with Gasteiger partial charge in [0.15, 0.2) is 0 Å². The predicted molar refractivity (Wildman–Crippen MR) is 64.7 cm³/mol. The molecule has 1 aliphatic rings. The normalized spacial score (nSPS) is 22.1. The summed E-state index contributed by atoms with van der Waals surface area (Å²) in [6.07, 6.45) is -0.423. The number of halogens is 2. The van der Waals surface area contributed by atoms with Crippen molar-refractivity contribution >= 4 is 18.5 Å². The molecule has 0 aromatic heterocycles. The standard InChI is InChI=1S/C12H14FNO2.ClH/c1-12(2)7-16-11(15)14-10(12)8-3-5-9(13)6-4-8;/h3-6,10H,7H2,1-2H3,(H,14,15);1H/t10-;/m0./s1. The molecule has 1 aromatic carbocycles. The topological polar surface area (TPSA) is 38.3 Å². The Morgan fingerprint density at radius 1 is 1.35 bits per heavy atom. The molecule has 2 rings (SSSR count). The van der Waals surface area contributed by atoms with Gasteiger partial charge in [0.25, 0.3) is 0 Å². The van der Waals surface area contributed by atoms with Crippen molar-refractivity contribution in [2.24, 2.45) is 5.41 Å². The number of carbonyl (C=O) groups is 1. The van der Waals surface area contributed by atoms with Gasteiger partial charge in [0.1, 0.15) is 12.4 Å². The molecule has 1 aromatic rings. The summed E-state index contributed by atoms with van der Waals surface area (Å²) in [4.78, 5) is 11.2. The van der Waals surface area contributed by atoms with Crippen molar-refractivity contribution in [3.63, 3.8) is 0 Å². The van der Waals surface area contributed by atoms with Crippen LogP contribution in [0.1, 0.15) is 25.5 Å². The summed E-state index contributed by atoms with van der Waals surface area (Å²) in [5, 5.41) is 2.76. The molecule has 0 saturated carbocycles. The molecule has 3 nitrogen and oxygen atoms in total. The molecule has 1 saturated heterocycles. The minimum Gasteiger partial charge on any atom is -0.449 e. The minimum absolute atomic E-state index is 0. The number of alkyl carbamates (subject to hydrolysis) is 1. The number of hydrogen-bond donors (Lipinski definition) is 1. The summed E-state index contributed by atoms with van der Waals surface area (Å²) in [5.41, 5.74) is 0.689. The van der Waals surface area contributed by atoms with Gasteiger partial charge in [-0.3, -0.25) is 0 Å². The number of nitrogens with one attached hydrogen (secondary N) is 1. The molecular weight excluding hydrogens is 245 g/mol. The predicted octanol–water partition coefficient (Wildman–Crippen LogP) is 3.05. The summed E-state index contributed by atoms with van der Waals surface area (Å²) in [5.74, 6) is -0.278. The highest BCUT2D eigenvalue weighted by Crippen LogP contribution is 2.36. The van der Waals surface area contributed by atoms with E-state index in [1.807, 2.05) is 13.8 Å². The van der Waals surface area contributed by atoms with E-state index in [2.05, 4.69) is 5.32 Å². The van der Waals surface area contributed by atoms with Crippen LogP contribution in [-0.2, 0) is 4.74 Å². The first kappa shape index (κ1) is 13.8. The van der Waals surface area contributed by atoms with Crippen LogP contribution >= 0.6 is 12.4 Å². The number of carbonyl (C=O) groups excluding carboxylic acids is 1. The maximum atomic E-state index is 12.8. The fourth-order valence-electron chi connectivity index (χ4n) is 1.88. The van der Waals surface area contributed by atoms with E-state index in [0.29, 0.717) is 6.61 Å². The number of cyclic esters (lactones) is 1. The third-order valence-electron chi connectivity index (χ3n) is 2.82. The maximum absolute atomic E-state index is 12.8. The van der Waals surface area contributed by atoms with Gasteiger partial charge in [-0.2, -0.15) is 0 Å². The van der Waals surface area contributed by atoms with Gasteiger partial charge < -0.3 is 10.1 Å². The first-order valence-electron chi connectivity index (χ1n) is 5.18. The summed E-state index contributed by atoms with van der Waals surface area (Å²) in [6, 6.07) is 6.02. The Balaban J connectivity index is 0.00000144. The molecule has 1 atom stereocenters. The lowest BCUT2D eigenvalue weighted by Gasteiger charge is -2.38. The average Bonchev–Trinajstić information content (AvgIpc) is 2.23. The van der Waals surface area contributed by atoms with Crippen molar-refractivity contribution in [2.75, 3.05) is 6.61 Å². The van der Waals surface area contributed by atoms with Gasteiger partial charge >= 0.3 is 6.09 Å². The van der Waals surface area contributed by atoms with Crippen LogP contribution in [0.2, 0.25) is 0 Å². The Labute approximate surface area is 106 Å². The fourth-order valence-corrected chi connectivity index (χ4v) is 1.88. The zero-order valence-electron chi connectivity index (χ0n) is 9.70. The molecule has 1 N–H and O–H groups in total. The van der Waals surface area contributed by atoms with E-state index in [0.717, 1.165) is 5.56 Å². The summed E-state index contributed by atoms with van der Waals surface area (Å²) in [7, 11) is 0. The molecule has 0 bridgehead atoms. The van der Waals surface area contributed by atoms with Gasteiger partial charge in [0, 0.05) is 5.41 Å². The monoisotopic (exact) mass is 259 g/mol. The van der Waals surface area contributed by atoms with E-state index in [4.69, 9.17) is 4.74 Å². The lowest BCUT2D eigenvalue weighted by molar-refractivity contribution is 0.0387. The fraction of sp³-hybridized carbons (Fsp3) is 0.417. The van der Waals surface area contributed by atoms with Crippen LogP contribution in [0.25, 0.3) is 0 Å². The lowest BCUT2D eigenvalue weighted by Crippen LogP contribution is -2.46. The van der Waals surface area contributed by atoms with Crippen LogP contribution in [0, 0.1) is 11.2 Å². The highest BCUT2D eigenvalue weighted by Gasteiger charge is 2.37. The van der Waals surface area contributed by atoms with Gasteiger partial charge in [-0.05, 0) is 17.7 Å². The van der Waals surface area contributed by atoms with Crippen molar-refractivity contribution in [3.05, 3.63) is 35.6 Å². The van der Waals surface area contributed by atoms with Crippen LogP contribution in [0.5, 0.6) is 0 Å². The van der Waals surface area contributed by atoms with E-state index in [1.165, 1.54) is 12.1 Å². The first-order valence-corrected chi connectivity index (χ1v) is 5.18.